The summed E-state index contributed by atoms with van der Waals surface area (Å²) < 4.78 is 5.88. The molecular weight excluding hydrogens is 356 g/mol. The maximum absolute atomic E-state index is 5.88. The third-order valence-electron chi connectivity index (χ3n) is 3.95. The van der Waals surface area contributed by atoms with Crippen LogP contribution in [0.4, 0.5) is 11.6 Å². The van der Waals surface area contributed by atoms with Gasteiger partial charge in [0.25, 0.3) is 0 Å². The molecule has 0 bridgehead atoms. The van der Waals surface area contributed by atoms with Crippen LogP contribution in [0.1, 0.15) is 11.1 Å². The van der Waals surface area contributed by atoms with Gasteiger partial charge in [0.05, 0.1) is 0 Å². The Morgan fingerprint density at radius 2 is 1.93 bits per heavy atom. The number of anilines is 2. The molecule has 0 fully saturated rings. The number of benzene rings is 2. The predicted molar refractivity (Wildman–Crippen MR) is 108 cm³/mol. The van der Waals surface area contributed by atoms with Crippen molar-refractivity contribution in [2.24, 2.45) is 0 Å². The lowest BCUT2D eigenvalue weighted by atomic mass is 10.2. The van der Waals surface area contributed by atoms with Gasteiger partial charge in [0.15, 0.2) is 0 Å². The number of ether oxygens (including phenoxy) is 1. The summed E-state index contributed by atoms with van der Waals surface area (Å²) in [7, 11) is 0. The van der Waals surface area contributed by atoms with E-state index < -0.39 is 0 Å². The van der Waals surface area contributed by atoms with Crippen molar-refractivity contribution in [1.29, 1.82) is 0 Å². The van der Waals surface area contributed by atoms with E-state index in [1.54, 1.807) is 17.5 Å². The molecule has 0 aliphatic heterocycles. The lowest BCUT2D eigenvalue weighted by Gasteiger charge is -2.10. The smallest absolute Gasteiger partial charge is 0.227 e. The molecule has 2 heterocycles. The first-order valence-electron chi connectivity index (χ1n) is 8.55. The number of rotatable bonds is 6. The van der Waals surface area contributed by atoms with Crippen molar-refractivity contribution in [3.05, 3.63) is 83.5 Å². The summed E-state index contributed by atoms with van der Waals surface area (Å²) in [5.74, 6) is 1.32. The van der Waals surface area contributed by atoms with E-state index in [0.29, 0.717) is 12.6 Å². The van der Waals surface area contributed by atoms with E-state index in [2.05, 4.69) is 20.3 Å². The summed E-state index contributed by atoms with van der Waals surface area (Å²) in [5, 5.41) is 6.08. The number of thiazole rings is 1. The summed E-state index contributed by atoms with van der Waals surface area (Å²) in [4.78, 5) is 13.3. The van der Waals surface area contributed by atoms with Gasteiger partial charge in [-0.15, -0.1) is 11.3 Å². The number of aromatic nitrogens is 3. The number of hydrogen-bond donors (Lipinski definition) is 1. The lowest BCUT2D eigenvalue weighted by molar-refractivity contribution is 0.306. The highest BCUT2D eigenvalue weighted by Crippen LogP contribution is 2.25. The zero-order valence-corrected chi connectivity index (χ0v) is 15.6. The van der Waals surface area contributed by atoms with Crippen LogP contribution >= 0.6 is 11.3 Å². The van der Waals surface area contributed by atoms with E-state index in [4.69, 9.17) is 4.74 Å². The van der Waals surface area contributed by atoms with Crippen LogP contribution in [0, 0.1) is 6.92 Å². The van der Waals surface area contributed by atoms with Crippen LogP contribution in [0.5, 0.6) is 5.75 Å². The van der Waals surface area contributed by atoms with Gasteiger partial charge in [-0.05, 0) is 30.2 Å². The molecule has 0 spiro atoms. The molecule has 2 aromatic heterocycles. The first kappa shape index (κ1) is 17.2. The van der Waals surface area contributed by atoms with E-state index in [1.165, 1.54) is 0 Å². The van der Waals surface area contributed by atoms with Gasteiger partial charge in [0.2, 0.25) is 5.95 Å². The van der Waals surface area contributed by atoms with Crippen molar-refractivity contribution >= 4 is 23.0 Å². The molecule has 4 aromatic rings. The Kier molecular flexibility index (Phi) is 5.07. The van der Waals surface area contributed by atoms with Crippen molar-refractivity contribution in [2.75, 3.05) is 5.32 Å². The topological polar surface area (TPSA) is 59.9 Å². The maximum atomic E-state index is 5.88. The summed E-state index contributed by atoms with van der Waals surface area (Å²) in [6, 6.07) is 17.9. The molecule has 0 amide bonds. The molecule has 0 aliphatic rings. The Hall–Kier alpha value is -3.25. The molecule has 0 unspecified atom stereocenters. The van der Waals surface area contributed by atoms with Gasteiger partial charge in [-0.1, -0.05) is 36.4 Å². The van der Waals surface area contributed by atoms with Gasteiger partial charge in [-0.2, -0.15) is 0 Å². The van der Waals surface area contributed by atoms with Gasteiger partial charge < -0.3 is 10.1 Å². The van der Waals surface area contributed by atoms with Crippen molar-refractivity contribution in [3.8, 4) is 16.5 Å². The molecule has 134 valence electrons. The molecular formula is C21H18N4OS. The van der Waals surface area contributed by atoms with Crippen LogP contribution < -0.4 is 10.1 Å². The third kappa shape index (κ3) is 4.30. The monoisotopic (exact) mass is 374 g/mol. The van der Waals surface area contributed by atoms with Crippen molar-refractivity contribution < 1.29 is 4.74 Å². The highest BCUT2D eigenvalue weighted by Gasteiger charge is 2.09. The minimum atomic E-state index is 0.527. The largest absolute Gasteiger partial charge is 0.489 e. The maximum Gasteiger partial charge on any atom is 0.227 e. The van der Waals surface area contributed by atoms with E-state index in [1.807, 2.05) is 73.1 Å². The number of nitrogens with one attached hydrogen (secondary N) is 1. The van der Waals surface area contributed by atoms with Gasteiger partial charge >= 0.3 is 0 Å². The standard InChI is InChI=1S/C21H18N4OS/c1-15-13-23-21(25-19(15)20-22-10-11-27-20)24-17-8-5-9-18(12-17)26-14-16-6-3-2-4-7-16/h2-13H,14H2,1H3,(H,23,24,25). The fourth-order valence-electron chi connectivity index (χ4n) is 2.59. The second-order valence-electron chi connectivity index (χ2n) is 5.99. The highest BCUT2D eigenvalue weighted by atomic mass is 32.1. The van der Waals surface area contributed by atoms with Crippen molar-refractivity contribution in [2.45, 2.75) is 13.5 Å². The molecule has 2 aromatic carbocycles. The van der Waals surface area contributed by atoms with Crippen LogP contribution in [0.2, 0.25) is 0 Å². The Morgan fingerprint density at radius 1 is 1.04 bits per heavy atom. The molecule has 0 saturated heterocycles. The average molecular weight is 374 g/mol. The first-order chi connectivity index (χ1) is 13.3. The Balaban J connectivity index is 1.49. The Labute approximate surface area is 161 Å². The van der Waals surface area contributed by atoms with Crippen LogP contribution in [-0.2, 0) is 6.61 Å². The average Bonchev–Trinajstić information content (AvgIpc) is 3.24. The molecule has 27 heavy (non-hydrogen) atoms. The molecule has 4 rings (SSSR count). The first-order valence-corrected chi connectivity index (χ1v) is 9.43. The quantitative estimate of drug-likeness (QED) is 0.501. The molecule has 5 nitrogen and oxygen atoms in total. The van der Waals surface area contributed by atoms with Crippen molar-refractivity contribution in [1.82, 2.24) is 15.0 Å². The second-order valence-corrected chi connectivity index (χ2v) is 6.88. The Morgan fingerprint density at radius 3 is 2.74 bits per heavy atom. The molecule has 6 heteroatoms. The Bertz CT molecular complexity index is 1020. The minimum absolute atomic E-state index is 0.527. The minimum Gasteiger partial charge on any atom is -0.489 e. The van der Waals surface area contributed by atoms with Gasteiger partial charge in [0.1, 0.15) is 23.1 Å². The van der Waals surface area contributed by atoms with E-state index in [0.717, 1.165) is 33.3 Å². The van der Waals surface area contributed by atoms with Crippen LogP contribution in [0.15, 0.2) is 72.4 Å². The molecule has 0 radical (unpaired) electrons. The summed E-state index contributed by atoms with van der Waals surface area (Å²) in [5.41, 5.74) is 3.84. The number of hydrogen-bond acceptors (Lipinski definition) is 6. The number of aryl methyl sites for hydroxylation is 1. The van der Waals surface area contributed by atoms with Crippen LogP contribution in [-0.4, -0.2) is 15.0 Å². The second kappa shape index (κ2) is 7.97. The van der Waals surface area contributed by atoms with Crippen LogP contribution in [0.25, 0.3) is 10.7 Å². The van der Waals surface area contributed by atoms with Gasteiger partial charge in [0, 0.05) is 29.5 Å². The zero-order valence-electron chi connectivity index (χ0n) is 14.8. The highest BCUT2D eigenvalue weighted by molar-refractivity contribution is 7.13. The third-order valence-corrected chi connectivity index (χ3v) is 4.72. The predicted octanol–water partition coefficient (Wildman–Crippen LogP) is 5.23. The van der Waals surface area contributed by atoms with Gasteiger partial charge in [-0.25, -0.2) is 15.0 Å². The van der Waals surface area contributed by atoms with Crippen LogP contribution in [0.3, 0.4) is 0 Å². The lowest BCUT2D eigenvalue weighted by Crippen LogP contribution is -2.00. The zero-order chi connectivity index (χ0) is 18.5. The SMILES string of the molecule is Cc1cnc(Nc2cccc(OCc3ccccc3)c2)nc1-c1nccs1. The fraction of sp³-hybridized carbons (Fsp3) is 0.0952. The van der Waals surface area contributed by atoms with Gasteiger partial charge in [-0.3, -0.25) is 0 Å². The van der Waals surface area contributed by atoms with E-state index in [9.17, 15) is 0 Å². The number of nitrogens with zero attached hydrogens (tertiary/aromatic N) is 3. The molecule has 0 atom stereocenters. The fourth-order valence-corrected chi connectivity index (χ4v) is 3.28. The molecule has 0 aliphatic carbocycles. The van der Waals surface area contributed by atoms with E-state index >= 15 is 0 Å². The van der Waals surface area contributed by atoms with E-state index in [-0.39, 0.29) is 0 Å². The summed E-state index contributed by atoms with van der Waals surface area (Å²) in [6.45, 7) is 2.51. The normalized spacial score (nSPS) is 10.6. The molecule has 1 N–H and O–H groups in total. The van der Waals surface area contributed by atoms with Crippen molar-refractivity contribution in [3.63, 3.8) is 0 Å². The summed E-state index contributed by atoms with van der Waals surface area (Å²) >= 11 is 1.56. The summed E-state index contributed by atoms with van der Waals surface area (Å²) in [6.07, 6.45) is 3.59. The molecule has 0 saturated carbocycles.